The van der Waals surface area contributed by atoms with E-state index in [1.807, 2.05) is 5.32 Å². The molecule has 1 rings (SSSR count). The van der Waals surface area contributed by atoms with Gasteiger partial charge in [-0.3, -0.25) is 4.79 Å². The van der Waals surface area contributed by atoms with E-state index < -0.39 is 22.2 Å². The predicted molar refractivity (Wildman–Crippen MR) is 55.3 cm³/mol. The van der Waals surface area contributed by atoms with Gasteiger partial charge in [0.1, 0.15) is 0 Å². The Kier molecular flexibility index (Phi) is 4.79. The summed E-state index contributed by atoms with van der Waals surface area (Å²) in [7, 11) is 0. The van der Waals surface area contributed by atoms with Crippen LogP contribution in [0.5, 0.6) is 0 Å². The summed E-state index contributed by atoms with van der Waals surface area (Å²) < 4.78 is 43.9. The number of hydrogen-bond acceptors (Lipinski definition) is 2. The van der Waals surface area contributed by atoms with E-state index in [1.54, 1.807) is 0 Å². The van der Waals surface area contributed by atoms with Crippen molar-refractivity contribution >= 4 is 17.0 Å². The molecule has 16 heavy (non-hydrogen) atoms. The highest BCUT2D eigenvalue weighted by Gasteiger charge is 2.45. The van der Waals surface area contributed by atoms with E-state index in [1.165, 1.54) is 0 Å². The summed E-state index contributed by atoms with van der Waals surface area (Å²) in [6.45, 7) is 0.158. The average molecular weight is 255 g/mol. The number of nitrogens with one attached hydrogen (secondary N) is 1. The maximum absolute atomic E-state index is 12.7. The van der Waals surface area contributed by atoms with Gasteiger partial charge in [0.05, 0.1) is 0 Å². The van der Waals surface area contributed by atoms with E-state index in [0.717, 1.165) is 32.1 Å². The second kappa shape index (κ2) is 5.67. The summed E-state index contributed by atoms with van der Waals surface area (Å²) in [6.07, 6.45) is 5.05. The number of halogens is 2. The molecule has 1 amide bonds. The van der Waals surface area contributed by atoms with Crippen LogP contribution in [0.1, 0.15) is 32.1 Å². The molecule has 1 saturated carbocycles. The van der Waals surface area contributed by atoms with Gasteiger partial charge in [-0.05, 0) is 18.8 Å². The molecule has 0 aliphatic heterocycles. The first kappa shape index (κ1) is 13.5. The van der Waals surface area contributed by atoms with Crippen molar-refractivity contribution < 1.29 is 22.3 Å². The molecule has 0 bridgehead atoms. The molecule has 0 saturated heterocycles. The molecular formula is C9H15F2NO3S. The highest BCUT2D eigenvalue weighted by atomic mass is 32.2. The van der Waals surface area contributed by atoms with Gasteiger partial charge >= 0.3 is 11.2 Å². The molecule has 4 nitrogen and oxygen atoms in total. The summed E-state index contributed by atoms with van der Waals surface area (Å²) in [5.41, 5.74) is 0. The molecule has 0 aromatic rings. The van der Waals surface area contributed by atoms with Crippen molar-refractivity contribution in [1.29, 1.82) is 0 Å². The Labute approximate surface area is 95.1 Å². The number of carbonyl (C=O) groups is 1. The Morgan fingerprint density at radius 1 is 1.38 bits per heavy atom. The van der Waals surface area contributed by atoms with Crippen molar-refractivity contribution in [2.24, 2.45) is 5.92 Å². The smallest absolute Gasteiger partial charge is 0.350 e. The van der Waals surface area contributed by atoms with E-state index in [4.69, 9.17) is 4.55 Å². The molecular weight excluding hydrogens is 240 g/mol. The van der Waals surface area contributed by atoms with Gasteiger partial charge in [0.2, 0.25) is 11.1 Å². The Balaban J connectivity index is 2.37. The standard InChI is InChI=1S/C9H15F2NO3S/c10-9(11,16(14)15)8(13)12-6-7-4-2-1-3-5-7/h7H,1-6H2,(H,12,13)(H,14,15). The Morgan fingerprint density at radius 3 is 2.44 bits per heavy atom. The summed E-state index contributed by atoms with van der Waals surface area (Å²) in [4.78, 5) is 10.9. The van der Waals surface area contributed by atoms with Gasteiger partial charge < -0.3 is 9.87 Å². The topological polar surface area (TPSA) is 66.4 Å². The van der Waals surface area contributed by atoms with Crippen LogP contribution in [-0.2, 0) is 15.9 Å². The predicted octanol–water partition coefficient (Wildman–Crippen LogP) is 1.50. The lowest BCUT2D eigenvalue weighted by Gasteiger charge is -2.22. The molecule has 2 N–H and O–H groups in total. The summed E-state index contributed by atoms with van der Waals surface area (Å²) >= 11 is -3.46. The highest BCUT2D eigenvalue weighted by Crippen LogP contribution is 2.23. The third-order valence-corrected chi connectivity index (χ3v) is 3.38. The van der Waals surface area contributed by atoms with E-state index in [9.17, 15) is 17.8 Å². The summed E-state index contributed by atoms with van der Waals surface area (Å²) in [5, 5.41) is -2.18. The third kappa shape index (κ3) is 3.48. The molecule has 1 atom stereocenters. The van der Waals surface area contributed by atoms with Crippen molar-refractivity contribution in [1.82, 2.24) is 5.32 Å². The van der Waals surface area contributed by atoms with Gasteiger partial charge in [-0.2, -0.15) is 8.78 Å². The molecule has 0 heterocycles. The van der Waals surface area contributed by atoms with Crippen LogP contribution in [0, 0.1) is 5.92 Å². The molecule has 94 valence electrons. The molecule has 1 fully saturated rings. The second-order valence-electron chi connectivity index (χ2n) is 3.98. The highest BCUT2D eigenvalue weighted by molar-refractivity contribution is 7.81. The minimum atomic E-state index is -4.21. The fourth-order valence-corrected chi connectivity index (χ4v) is 2.04. The van der Waals surface area contributed by atoms with Crippen molar-refractivity contribution in [2.75, 3.05) is 6.54 Å². The van der Waals surface area contributed by atoms with Crippen LogP contribution in [-0.4, -0.2) is 26.5 Å². The Bertz CT molecular complexity index is 280. The maximum Gasteiger partial charge on any atom is 0.421 e. The molecule has 7 heteroatoms. The fourth-order valence-electron chi connectivity index (χ4n) is 1.81. The monoisotopic (exact) mass is 255 g/mol. The number of hydrogen-bond donors (Lipinski definition) is 2. The molecule has 1 aliphatic rings. The van der Waals surface area contributed by atoms with Gasteiger partial charge in [-0.1, -0.05) is 19.3 Å². The minimum absolute atomic E-state index is 0.158. The van der Waals surface area contributed by atoms with Crippen molar-refractivity contribution in [2.45, 2.75) is 37.4 Å². The van der Waals surface area contributed by atoms with E-state index in [0.29, 0.717) is 0 Å². The van der Waals surface area contributed by atoms with Gasteiger partial charge in [0.15, 0.2) is 0 Å². The number of alkyl halides is 2. The zero-order valence-corrected chi connectivity index (χ0v) is 9.56. The lowest BCUT2D eigenvalue weighted by molar-refractivity contribution is -0.135. The van der Waals surface area contributed by atoms with E-state index in [-0.39, 0.29) is 12.5 Å². The SMILES string of the molecule is O=C(NCC1CCCCC1)C(F)(F)S(=O)O. The zero-order valence-electron chi connectivity index (χ0n) is 8.75. The molecule has 0 aromatic carbocycles. The van der Waals surface area contributed by atoms with Crippen LogP contribution < -0.4 is 5.32 Å². The first-order chi connectivity index (χ1) is 7.44. The number of amides is 1. The average Bonchev–Trinajstić information content (AvgIpc) is 2.27. The van der Waals surface area contributed by atoms with Gasteiger partial charge in [0, 0.05) is 6.54 Å². The van der Waals surface area contributed by atoms with Crippen molar-refractivity contribution in [3.63, 3.8) is 0 Å². The third-order valence-electron chi connectivity index (χ3n) is 2.76. The molecule has 0 spiro atoms. The van der Waals surface area contributed by atoms with Gasteiger partial charge in [0.25, 0.3) is 0 Å². The first-order valence-corrected chi connectivity index (χ1v) is 6.32. The maximum atomic E-state index is 12.7. The Hall–Kier alpha value is -0.560. The van der Waals surface area contributed by atoms with E-state index in [2.05, 4.69) is 0 Å². The lowest BCUT2D eigenvalue weighted by Crippen LogP contribution is -2.44. The van der Waals surface area contributed by atoms with E-state index >= 15 is 0 Å². The molecule has 0 aromatic heterocycles. The molecule has 0 radical (unpaired) electrons. The van der Waals surface area contributed by atoms with Crippen LogP contribution in [0.25, 0.3) is 0 Å². The van der Waals surface area contributed by atoms with Crippen LogP contribution >= 0.6 is 0 Å². The second-order valence-corrected chi connectivity index (χ2v) is 4.99. The summed E-state index contributed by atoms with van der Waals surface area (Å²) in [6, 6.07) is 0. The largest absolute Gasteiger partial charge is 0.421 e. The zero-order chi connectivity index (χ0) is 12.2. The van der Waals surface area contributed by atoms with Gasteiger partial charge in [-0.15, -0.1) is 0 Å². The van der Waals surface area contributed by atoms with Crippen molar-refractivity contribution in [3.8, 4) is 0 Å². The minimum Gasteiger partial charge on any atom is -0.350 e. The fraction of sp³-hybridized carbons (Fsp3) is 0.889. The van der Waals surface area contributed by atoms with Crippen molar-refractivity contribution in [3.05, 3.63) is 0 Å². The molecule has 1 unspecified atom stereocenters. The number of rotatable bonds is 4. The Morgan fingerprint density at radius 2 is 1.94 bits per heavy atom. The first-order valence-electron chi connectivity index (χ1n) is 5.21. The summed E-state index contributed by atoms with van der Waals surface area (Å²) in [5.74, 6) is -1.46. The van der Waals surface area contributed by atoms with Crippen LogP contribution in [0.2, 0.25) is 0 Å². The van der Waals surface area contributed by atoms with Crippen LogP contribution in [0.15, 0.2) is 0 Å². The van der Waals surface area contributed by atoms with Gasteiger partial charge in [-0.25, -0.2) is 4.21 Å². The van der Waals surface area contributed by atoms with Crippen LogP contribution in [0.3, 0.4) is 0 Å². The normalized spacial score (nSPS) is 20.4. The number of carbonyl (C=O) groups excluding carboxylic acids is 1. The van der Waals surface area contributed by atoms with Crippen LogP contribution in [0.4, 0.5) is 8.78 Å². The lowest BCUT2D eigenvalue weighted by atomic mass is 9.89. The molecule has 1 aliphatic carbocycles. The quantitative estimate of drug-likeness (QED) is 0.748.